The topological polar surface area (TPSA) is 79.1 Å². The van der Waals surface area contributed by atoms with Crippen molar-refractivity contribution in [2.24, 2.45) is 5.73 Å². The highest BCUT2D eigenvalue weighted by Crippen LogP contribution is 2.37. The van der Waals surface area contributed by atoms with Gasteiger partial charge in [-0.25, -0.2) is 0 Å². The molecule has 0 aliphatic rings. The Bertz CT molecular complexity index is 925. The number of carbonyl (C=O) groups excluding carboxylic acids is 1. The summed E-state index contributed by atoms with van der Waals surface area (Å²) in [4.78, 5) is 15.0. The van der Waals surface area contributed by atoms with Crippen molar-refractivity contribution in [2.75, 3.05) is 0 Å². The van der Waals surface area contributed by atoms with Gasteiger partial charge in [0, 0.05) is 24.3 Å². The minimum Gasteiger partial charge on any atom is -0.386 e. The van der Waals surface area contributed by atoms with Crippen LogP contribution < -0.4 is 5.73 Å². The van der Waals surface area contributed by atoms with Gasteiger partial charge in [0.05, 0.1) is 16.7 Å². The van der Waals surface area contributed by atoms with Gasteiger partial charge in [0.1, 0.15) is 0 Å². The zero-order valence-electron chi connectivity index (χ0n) is 12.0. The molecule has 4 N–H and O–H groups in total. The first kappa shape index (κ1) is 15.8. The Labute approximate surface area is 149 Å². The number of rotatable bonds is 2. The van der Waals surface area contributed by atoms with Gasteiger partial charge in [-0.2, -0.15) is 0 Å². The van der Waals surface area contributed by atoms with Crippen LogP contribution in [0.25, 0.3) is 21.8 Å². The standard InChI is InChI=1S/C16H14BrIN2O2/c1-16(2,22)7-3-4-8-11(5-7)20-14-9(15(19)21)6-10(18)13(17)12(8)14/h3-6,20,22H,1-2H3,(H2,19,21). The Balaban J connectivity index is 2.46. The number of hydrogen-bond donors (Lipinski definition) is 3. The van der Waals surface area contributed by atoms with Crippen LogP contribution in [-0.4, -0.2) is 16.0 Å². The molecule has 0 saturated carbocycles. The van der Waals surface area contributed by atoms with Gasteiger partial charge in [0.25, 0.3) is 5.91 Å². The smallest absolute Gasteiger partial charge is 0.250 e. The van der Waals surface area contributed by atoms with E-state index in [1.54, 1.807) is 19.9 Å². The summed E-state index contributed by atoms with van der Waals surface area (Å²) in [7, 11) is 0. The Hall–Kier alpha value is -1.12. The number of nitrogens with two attached hydrogens (primary N) is 1. The number of primary amides is 1. The van der Waals surface area contributed by atoms with Crippen LogP contribution in [0.2, 0.25) is 0 Å². The Morgan fingerprint density at radius 2 is 2.05 bits per heavy atom. The molecular formula is C16H14BrIN2O2. The average Bonchev–Trinajstić information content (AvgIpc) is 2.79. The molecule has 3 rings (SSSR count). The normalized spacial score (nSPS) is 12.2. The van der Waals surface area contributed by atoms with Crippen LogP contribution in [-0.2, 0) is 5.60 Å². The number of halogens is 2. The molecule has 1 aromatic heterocycles. The first-order valence-electron chi connectivity index (χ1n) is 6.66. The molecule has 0 bridgehead atoms. The highest BCUT2D eigenvalue weighted by atomic mass is 127. The lowest BCUT2D eigenvalue weighted by molar-refractivity contribution is 0.0787. The van der Waals surface area contributed by atoms with Crippen molar-refractivity contribution in [3.8, 4) is 0 Å². The molecule has 2 aromatic carbocycles. The molecule has 0 unspecified atom stereocenters. The van der Waals surface area contributed by atoms with E-state index in [1.165, 1.54) is 0 Å². The summed E-state index contributed by atoms with van der Waals surface area (Å²) in [6.45, 7) is 3.48. The number of benzene rings is 2. The summed E-state index contributed by atoms with van der Waals surface area (Å²) in [5, 5.41) is 12.1. The predicted octanol–water partition coefficient (Wildman–Crippen LogP) is 4.01. The van der Waals surface area contributed by atoms with E-state index in [9.17, 15) is 9.90 Å². The second-order valence-corrected chi connectivity index (χ2v) is 7.73. The van der Waals surface area contributed by atoms with Crippen molar-refractivity contribution < 1.29 is 9.90 Å². The summed E-state index contributed by atoms with van der Waals surface area (Å²) >= 11 is 5.77. The zero-order chi connectivity index (χ0) is 16.2. The summed E-state index contributed by atoms with van der Waals surface area (Å²) in [5.41, 5.74) is 7.41. The van der Waals surface area contributed by atoms with Gasteiger partial charge in [-0.1, -0.05) is 12.1 Å². The molecule has 22 heavy (non-hydrogen) atoms. The van der Waals surface area contributed by atoms with Crippen LogP contribution in [0.1, 0.15) is 29.8 Å². The molecule has 6 heteroatoms. The number of aromatic nitrogens is 1. The maximum absolute atomic E-state index is 11.7. The molecule has 0 fully saturated rings. The lowest BCUT2D eigenvalue weighted by Gasteiger charge is -2.17. The fourth-order valence-electron chi connectivity index (χ4n) is 2.58. The minimum atomic E-state index is -0.927. The molecule has 0 atom stereocenters. The van der Waals surface area contributed by atoms with Gasteiger partial charge < -0.3 is 15.8 Å². The van der Waals surface area contributed by atoms with Gasteiger partial charge in [0.2, 0.25) is 0 Å². The second-order valence-electron chi connectivity index (χ2n) is 5.78. The van der Waals surface area contributed by atoms with Crippen molar-refractivity contribution in [1.29, 1.82) is 0 Å². The van der Waals surface area contributed by atoms with Crippen LogP contribution in [0.5, 0.6) is 0 Å². The molecule has 4 nitrogen and oxygen atoms in total. The summed E-state index contributed by atoms with van der Waals surface area (Å²) in [5.74, 6) is -0.468. The lowest BCUT2D eigenvalue weighted by atomic mass is 9.97. The highest BCUT2D eigenvalue weighted by Gasteiger charge is 2.20. The van der Waals surface area contributed by atoms with Gasteiger partial charge in [0.15, 0.2) is 0 Å². The minimum absolute atomic E-state index is 0.462. The van der Waals surface area contributed by atoms with E-state index in [0.29, 0.717) is 11.1 Å². The van der Waals surface area contributed by atoms with Crippen molar-refractivity contribution in [3.63, 3.8) is 0 Å². The van der Waals surface area contributed by atoms with Crippen molar-refractivity contribution in [3.05, 3.63) is 43.4 Å². The molecule has 114 valence electrons. The zero-order valence-corrected chi connectivity index (χ0v) is 15.7. The first-order valence-corrected chi connectivity index (χ1v) is 8.53. The molecule has 1 amide bonds. The van der Waals surface area contributed by atoms with E-state index in [2.05, 4.69) is 43.5 Å². The van der Waals surface area contributed by atoms with Crippen LogP contribution >= 0.6 is 38.5 Å². The number of H-pyrrole nitrogens is 1. The van der Waals surface area contributed by atoms with Crippen molar-refractivity contribution in [2.45, 2.75) is 19.4 Å². The van der Waals surface area contributed by atoms with E-state index in [1.807, 2.05) is 18.2 Å². The highest BCUT2D eigenvalue weighted by molar-refractivity contribution is 14.1. The first-order chi connectivity index (χ1) is 10.2. The van der Waals surface area contributed by atoms with E-state index in [0.717, 1.165) is 29.9 Å². The summed E-state index contributed by atoms with van der Waals surface area (Å²) < 4.78 is 1.85. The number of carbonyl (C=O) groups is 1. The second kappa shape index (κ2) is 5.21. The number of aliphatic hydroxyl groups is 1. The van der Waals surface area contributed by atoms with Gasteiger partial charge in [-0.15, -0.1) is 0 Å². The molecule has 0 aliphatic heterocycles. The van der Waals surface area contributed by atoms with E-state index in [-0.39, 0.29) is 0 Å². The third-order valence-corrected chi connectivity index (χ3v) is 6.16. The molecule has 0 radical (unpaired) electrons. The largest absolute Gasteiger partial charge is 0.386 e. The molecule has 0 spiro atoms. The van der Waals surface area contributed by atoms with Gasteiger partial charge >= 0.3 is 0 Å². The maximum atomic E-state index is 11.7. The molecule has 3 aromatic rings. The fourth-order valence-corrected chi connectivity index (χ4v) is 3.69. The Morgan fingerprint density at radius 1 is 1.36 bits per heavy atom. The van der Waals surface area contributed by atoms with Crippen LogP contribution in [0.4, 0.5) is 0 Å². The number of fused-ring (bicyclic) bond motifs is 3. The quantitative estimate of drug-likeness (QED) is 0.492. The van der Waals surface area contributed by atoms with E-state index in [4.69, 9.17) is 5.73 Å². The Morgan fingerprint density at radius 3 is 2.64 bits per heavy atom. The third-order valence-electron chi connectivity index (χ3n) is 3.74. The Kier molecular flexibility index (Phi) is 3.73. The average molecular weight is 473 g/mol. The van der Waals surface area contributed by atoms with E-state index >= 15 is 0 Å². The number of hydrogen-bond acceptors (Lipinski definition) is 2. The van der Waals surface area contributed by atoms with Gasteiger partial charge in [-0.3, -0.25) is 4.79 Å². The fraction of sp³-hybridized carbons (Fsp3) is 0.188. The van der Waals surface area contributed by atoms with Gasteiger partial charge in [-0.05, 0) is 70.1 Å². The monoisotopic (exact) mass is 472 g/mol. The summed E-state index contributed by atoms with van der Waals surface area (Å²) in [6.07, 6.45) is 0. The SMILES string of the molecule is CC(C)(O)c1ccc2c(c1)[nH]c1c(C(N)=O)cc(I)c(Br)c12. The molecular weight excluding hydrogens is 459 g/mol. The lowest BCUT2D eigenvalue weighted by Crippen LogP contribution is -2.14. The van der Waals surface area contributed by atoms with Crippen LogP contribution in [0.15, 0.2) is 28.7 Å². The maximum Gasteiger partial charge on any atom is 0.250 e. The van der Waals surface area contributed by atoms with Crippen molar-refractivity contribution >= 4 is 66.2 Å². The molecule has 1 heterocycles. The van der Waals surface area contributed by atoms with E-state index < -0.39 is 11.5 Å². The number of nitrogens with one attached hydrogen (secondary N) is 1. The summed E-state index contributed by atoms with van der Waals surface area (Å²) in [6, 6.07) is 7.51. The number of aromatic amines is 1. The van der Waals surface area contributed by atoms with Crippen molar-refractivity contribution in [1.82, 2.24) is 4.98 Å². The van der Waals surface area contributed by atoms with Crippen LogP contribution in [0, 0.1) is 3.57 Å². The molecule has 0 aliphatic carbocycles. The predicted molar refractivity (Wildman–Crippen MR) is 100.0 cm³/mol. The van der Waals surface area contributed by atoms with Crippen LogP contribution in [0.3, 0.4) is 0 Å². The molecule has 0 saturated heterocycles. The third kappa shape index (κ3) is 2.43. The number of amides is 1.